The average molecular weight is 589 g/mol. The number of aliphatic hydroxyl groups is 4. The summed E-state index contributed by atoms with van der Waals surface area (Å²) in [6, 6.07) is 0. The van der Waals surface area contributed by atoms with Gasteiger partial charge in [-0.3, -0.25) is 28.0 Å². The van der Waals surface area contributed by atoms with Crippen molar-refractivity contribution >= 4 is 32.8 Å². The number of hydrogen-bond acceptors (Lipinski definition) is 17. The number of alkyl halides is 1. The number of aromatic nitrogens is 4. The van der Waals surface area contributed by atoms with E-state index in [2.05, 4.69) is 28.3 Å². The summed E-state index contributed by atoms with van der Waals surface area (Å²) in [5.74, 6) is -0.288. The van der Waals surface area contributed by atoms with E-state index in [9.17, 15) is 48.5 Å². The largest absolute Gasteiger partial charge is 0.756 e. The molecular formula is C16H22FN5O14P2-2. The monoisotopic (exact) mass is 589 g/mol. The number of rotatable bonds is 8. The Morgan fingerprint density at radius 3 is 2.53 bits per heavy atom. The molecule has 0 spiro atoms. The minimum atomic E-state index is -5.90. The molecule has 0 saturated carbocycles. The molecule has 0 aliphatic carbocycles. The number of fused-ring (bicyclic) bond motifs is 1. The third kappa shape index (κ3) is 5.82. The lowest BCUT2D eigenvalue weighted by atomic mass is 10.0. The average Bonchev–Trinajstić information content (AvgIpc) is 3.35. The number of aromatic amines is 1. The maximum absolute atomic E-state index is 14.1. The maximum Gasteiger partial charge on any atom is 0.280 e. The number of H-pyrrole nitrogens is 1. The van der Waals surface area contributed by atoms with Crippen molar-refractivity contribution in [3.63, 3.8) is 0 Å². The van der Waals surface area contributed by atoms with Crippen molar-refractivity contribution in [1.82, 2.24) is 19.5 Å². The summed E-state index contributed by atoms with van der Waals surface area (Å²) in [6.07, 6.45) is -15.5. The van der Waals surface area contributed by atoms with Crippen molar-refractivity contribution in [3.8, 4) is 0 Å². The predicted molar refractivity (Wildman–Crippen MR) is 113 cm³/mol. The Hall–Kier alpha value is -1.90. The molecular weight excluding hydrogens is 567 g/mol. The summed E-state index contributed by atoms with van der Waals surface area (Å²) >= 11 is 0. The minimum Gasteiger partial charge on any atom is -0.756 e. The Morgan fingerprint density at radius 2 is 1.84 bits per heavy atom. The van der Waals surface area contributed by atoms with Gasteiger partial charge in [0.15, 0.2) is 29.9 Å². The third-order valence-electron chi connectivity index (χ3n) is 5.66. The van der Waals surface area contributed by atoms with Crippen LogP contribution in [0.1, 0.15) is 13.2 Å². The zero-order valence-corrected chi connectivity index (χ0v) is 20.8. The van der Waals surface area contributed by atoms with Crippen LogP contribution >= 0.6 is 15.6 Å². The topological polar surface area (TPSA) is 297 Å². The number of hydrogen-bond donors (Lipinski definition) is 6. The second kappa shape index (κ2) is 10.6. The van der Waals surface area contributed by atoms with E-state index in [1.54, 1.807) is 0 Å². The van der Waals surface area contributed by atoms with Gasteiger partial charge in [0.1, 0.15) is 30.5 Å². The molecule has 4 heterocycles. The SMILES string of the molecule is CC1O[C@@H](OP(=O)([O-])OP(=O)([O-])OC[C@H]2O[C@@H](n3cnc4c(=O)[nH]c(N)nc43)C(O)C2O)C(F)C(O)[C@@H]1O. The Labute approximate surface area is 210 Å². The molecule has 7 N–H and O–H groups in total. The van der Waals surface area contributed by atoms with Gasteiger partial charge in [-0.05, 0) is 6.92 Å². The van der Waals surface area contributed by atoms with Crippen LogP contribution in [-0.4, -0.2) is 95.6 Å². The number of nitrogens with zero attached hydrogens (tertiary/aromatic N) is 3. The van der Waals surface area contributed by atoms with Crippen LogP contribution in [0.2, 0.25) is 0 Å². The first-order valence-corrected chi connectivity index (χ1v) is 13.6. The highest BCUT2D eigenvalue weighted by Gasteiger charge is 2.47. The van der Waals surface area contributed by atoms with Crippen LogP contribution in [0.15, 0.2) is 11.1 Å². The number of aliphatic hydroxyl groups excluding tert-OH is 4. The number of anilines is 1. The van der Waals surface area contributed by atoms with Gasteiger partial charge < -0.3 is 49.9 Å². The van der Waals surface area contributed by atoms with Crippen molar-refractivity contribution in [2.24, 2.45) is 0 Å². The standard InChI is InChI=1S/C16H24FN5O14P2/c1-4-8(23)10(25)6(17)15(33-4)35-38(30,31)36-37(28,29)32-2-5-9(24)11(26)14(34-5)22-3-19-7-12(22)20-16(18)21-13(7)27/h3-6,8-11,14-15,23-26H,2H2,1H3,(H,28,29)(H,30,31)(H3,18,20,21,27)/p-2/t4?,5-,6?,8-,9?,10?,11?,14-,15+/m1/s1. The van der Waals surface area contributed by atoms with Gasteiger partial charge in [0.2, 0.25) is 5.95 Å². The van der Waals surface area contributed by atoms with Crippen LogP contribution in [0.5, 0.6) is 0 Å². The van der Waals surface area contributed by atoms with E-state index >= 15 is 0 Å². The minimum absolute atomic E-state index is 0.130. The summed E-state index contributed by atoms with van der Waals surface area (Å²) in [7, 11) is -11.7. The Balaban J connectivity index is 1.39. The number of nitrogen functional groups attached to an aromatic ring is 1. The molecule has 0 bridgehead atoms. The van der Waals surface area contributed by atoms with E-state index in [1.807, 2.05) is 0 Å². The van der Waals surface area contributed by atoms with Crippen LogP contribution in [0.25, 0.3) is 11.2 Å². The molecule has 2 aromatic heterocycles. The Morgan fingerprint density at radius 1 is 1.16 bits per heavy atom. The second-order valence-electron chi connectivity index (χ2n) is 8.33. The van der Waals surface area contributed by atoms with Crippen molar-refractivity contribution in [2.75, 3.05) is 12.3 Å². The van der Waals surface area contributed by atoms with E-state index in [4.69, 9.17) is 15.2 Å². The fourth-order valence-electron chi connectivity index (χ4n) is 3.76. The summed E-state index contributed by atoms with van der Waals surface area (Å²) < 4.78 is 62.0. The fourth-order valence-corrected chi connectivity index (χ4v) is 5.83. The normalized spacial score (nSPS) is 37.2. The predicted octanol–water partition coefficient (Wildman–Crippen LogP) is -3.89. The first-order valence-electron chi connectivity index (χ1n) is 10.7. The molecule has 38 heavy (non-hydrogen) atoms. The zero-order valence-electron chi connectivity index (χ0n) is 19.0. The van der Waals surface area contributed by atoms with E-state index in [0.29, 0.717) is 0 Å². The quantitative estimate of drug-likeness (QED) is 0.160. The number of phosphoric acid groups is 2. The van der Waals surface area contributed by atoms with Crippen LogP contribution in [0.4, 0.5) is 10.3 Å². The Bertz CT molecular complexity index is 1330. The third-order valence-corrected chi connectivity index (χ3v) is 8.19. The molecule has 2 aromatic rings. The summed E-state index contributed by atoms with van der Waals surface area (Å²) in [5.41, 5.74) is 4.49. The number of nitrogens with two attached hydrogens (primary N) is 1. The van der Waals surface area contributed by atoms with Crippen molar-refractivity contribution < 1.29 is 66.6 Å². The lowest BCUT2D eigenvalue weighted by molar-refractivity contribution is -0.289. The molecule has 2 aliphatic heterocycles. The highest BCUT2D eigenvalue weighted by Crippen LogP contribution is 2.57. The highest BCUT2D eigenvalue weighted by atomic mass is 31.3. The van der Waals surface area contributed by atoms with Gasteiger partial charge in [-0.15, -0.1) is 0 Å². The number of halogens is 1. The van der Waals surface area contributed by atoms with E-state index in [0.717, 1.165) is 10.9 Å². The summed E-state index contributed by atoms with van der Waals surface area (Å²) in [5, 5.41) is 39.8. The molecule has 4 rings (SSSR count). The molecule has 0 aromatic carbocycles. The molecule has 19 nitrogen and oxygen atoms in total. The van der Waals surface area contributed by atoms with Gasteiger partial charge in [0.05, 0.1) is 19.0 Å². The van der Waals surface area contributed by atoms with Gasteiger partial charge in [-0.2, -0.15) is 4.98 Å². The molecule has 0 amide bonds. The van der Waals surface area contributed by atoms with Crippen molar-refractivity contribution in [1.29, 1.82) is 0 Å². The van der Waals surface area contributed by atoms with Crippen LogP contribution < -0.4 is 21.1 Å². The number of ether oxygens (including phenoxy) is 2. The lowest BCUT2D eigenvalue weighted by Crippen LogP contribution is -2.55. The number of imidazole rings is 1. The second-order valence-corrected chi connectivity index (χ2v) is 11.2. The van der Waals surface area contributed by atoms with Gasteiger partial charge in [-0.25, -0.2) is 13.7 Å². The first kappa shape index (κ1) is 29.1. The van der Waals surface area contributed by atoms with Crippen LogP contribution in [-0.2, 0) is 32.0 Å². The van der Waals surface area contributed by atoms with Gasteiger partial charge >= 0.3 is 0 Å². The van der Waals surface area contributed by atoms with E-state index in [-0.39, 0.29) is 17.1 Å². The van der Waals surface area contributed by atoms with Crippen LogP contribution in [0, 0.1) is 0 Å². The first-order chi connectivity index (χ1) is 17.6. The molecule has 214 valence electrons. The number of nitrogens with one attached hydrogen (secondary N) is 1. The fraction of sp³-hybridized carbons (Fsp3) is 0.688. The molecule has 2 aliphatic rings. The van der Waals surface area contributed by atoms with Crippen molar-refractivity contribution in [3.05, 3.63) is 16.7 Å². The molecule has 11 atom stereocenters. The number of phosphoric ester groups is 2. The molecule has 2 saturated heterocycles. The van der Waals surface area contributed by atoms with Crippen molar-refractivity contribution in [2.45, 2.75) is 62.2 Å². The molecule has 2 fully saturated rings. The van der Waals surface area contributed by atoms with Gasteiger partial charge in [0, 0.05) is 0 Å². The lowest BCUT2D eigenvalue weighted by Gasteiger charge is -2.40. The smallest absolute Gasteiger partial charge is 0.280 e. The maximum atomic E-state index is 14.1. The van der Waals surface area contributed by atoms with E-state index < -0.39 is 83.1 Å². The van der Waals surface area contributed by atoms with Crippen LogP contribution in [0.3, 0.4) is 0 Å². The van der Waals surface area contributed by atoms with E-state index in [1.165, 1.54) is 6.92 Å². The molecule has 0 radical (unpaired) electrons. The zero-order chi connectivity index (χ0) is 28.2. The summed E-state index contributed by atoms with van der Waals surface area (Å²) in [4.78, 5) is 45.9. The van der Waals surface area contributed by atoms with Gasteiger partial charge in [-0.1, -0.05) is 0 Å². The Kier molecular flexibility index (Phi) is 8.10. The highest BCUT2D eigenvalue weighted by molar-refractivity contribution is 7.59. The molecule has 7 unspecified atom stereocenters. The molecule has 22 heteroatoms. The van der Waals surface area contributed by atoms with Gasteiger partial charge in [0.25, 0.3) is 21.2 Å². The summed E-state index contributed by atoms with van der Waals surface area (Å²) in [6.45, 7) is 0.0878.